The Labute approximate surface area is 168 Å². The number of hydrogen-bond acceptors (Lipinski definition) is 4. The molecule has 3 rings (SSSR count). The van der Waals surface area contributed by atoms with Gasteiger partial charge in [-0.15, -0.1) is 13.2 Å². The molecule has 1 aliphatic heterocycles. The van der Waals surface area contributed by atoms with Crippen molar-refractivity contribution in [2.45, 2.75) is 31.7 Å². The van der Waals surface area contributed by atoms with Crippen LogP contribution in [0.15, 0.2) is 60.7 Å². The van der Waals surface area contributed by atoms with Gasteiger partial charge in [0.2, 0.25) is 0 Å². The molecule has 156 valence electrons. The van der Waals surface area contributed by atoms with Crippen LogP contribution in [-0.2, 0) is 5.60 Å². The second kappa shape index (κ2) is 8.78. The zero-order chi connectivity index (χ0) is 20.9. The van der Waals surface area contributed by atoms with Crippen molar-refractivity contribution in [3.63, 3.8) is 0 Å². The fourth-order valence-corrected chi connectivity index (χ4v) is 3.36. The van der Waals surface area contributed by atoms with E-state index in [1.165, 1.54) is 24.3 Å². The number of benzene rings is 2. The van der Waals surface area contributed by atoms with Gasteiger partial charge in [0, 0.05) is 18.4 Å². The molecule has 1 saturated heterocycles. The van der Waals surface area contributed by atoms with Crippen molar-refractivity contribution < 1.29 is 27.4 Å². The summed E-state index contributed by atoms with van der Waals surface area (Å²) < 4.78 is 53.4. The Kier molecular flexibility index (Phi) is 6.37. The SMILES string of the molecule is C=C(C)COc1ccccc1C1(Oc2ccc(OC(F)(F)F)cc2)CCNCC1. The van der Waals surface area contributed by atoms with E-state index in [4.69, 9.17) is 9.47 Å². The molecule has 0 unspecified atom stereocenters. The summed E-state index contributed by atoms with van der Waals surface area (Å²) in [6.45, 7) is 7.67. The number of rotatable bonds is 7. The number of hydrogen-bond donors (Lipinski definition) is 1. The van der Waals surface area contributed by atoms with Crippen molar-refractivity contribution in [2.24, 2.45) is 0 Å². The van der Waals surface area contributed by atoms with Crippen LogP contribution in [0.3, 0.4) is 0 Å². The Morgan fingerprint density at radius 2 is 1.66 bits per heavy atom. The predicted molar refractivity (Wildman–Crippen MR) is 104 cm³/mol. The summed E-state index contributed by atoms with van der Waals surface area (Å²) in [5.41, 5.74) is 1.17. The summed E-state index contributed by atoms with van der Waals surface area (Å²) in [5.74, 6) is 0.903. The van der Waals surface area contributed by atoms with Crippen molar-refractivity contribution in [1.82, 2.24) is 5.32 Å². The summed E-state index contributed by atoms with van der Waals surface area (Å²) in [4.78, 5) is 0. The lowest BCUT2D eigenvalue weighted by atomic mass is 9.84. The molecule has 0 aliphatic carbocycles. The molecular formula is C22H24F3NO3. The van der Waals surface area contributed by atoms with Gasteiger partial charge in [-0.3, -0.25) is 0 Å². The Morgan fingerprint density at radius 1 is 1.03 bits per heavy atom. The number of para-hydroxylation sites is 1. The average molecular weight is 407 g/mol. The molecule has 7 heteroatoms. The Bertz CT molecular complexity index is 828. The standard InChI is InChI=1S/C22H24F3NO3/c1-16(2)15-27-20-6-4-3-5-19(20)21(11-13-26-14-12-21)28-17-7-9-18(10-8-17)29-22(23,24)25/h3-10,26H,1,11-15H2,2H3. The fourth-order valence-electron chi connectivity index (χ4n) is 3.36. The van der Waals surface area contributed by atoms with Gasteiger partial charge in [0.1, 0.15) is 29.5 Å². The van der Waals surface area contributed by atoms with Gasteiger partial charge in [-0.1, -0.05) is 24.8 Å². The second-order valence-electron chi connectivity index (χ2n) is 7.11. The van der Waals surface area contributed by atoms with E-state index in [-0.39, 0.29) is 5.75 Å². The molecule has 4 nitrogen and oxygen atoms in total. The number of nitrogens with one attached hydrogen (secondary N) is 1. The number of ether oxygens (including phenoxy) is 3. The van der Waals surface area contributed by atoms with Crippen molar-refractivity contribution in [2.75, 3.05) is 19.7 Å². The molecule has 29 heavy (non-hydrogen) atoms. The molecule has 0 amide bonds. The third-order valence-corrected chi connectivity index (χ3v) is 4.63. The maximum absolute atomic E-state index is 12.4. The van der Waals surface area contributed by atoms with Crippen LogP contribution in [0.25, 0.3) is 0 Å². The Hall–Kier alpha value is -2.67. The zero-order valence-corrected chi connectivity index (χ0v) is 16.2. The lowest BCUT2D eigenvalue weighted by Crippen LogP contribution is -2.44. The van der Waals surface area contributed by atoms with E-state index in [0.717, 1.165) is 30.0 Å². The number of piperidine rings is 1. The highest BCUT2D eigenvalue weighted by Crippen LogP contribution is 2.41. The third kappa shape index (κ3) is 5.67. The minimum atomic E-state index is -4.72. The van der Waals surface area contributed by atoms with Crippen molar-refractivity contribution in [1.29, 1.82) is 0 Å². The topological polar surface area (TPSA) is 39.7 Å². The van der Waals surface area contributed by atoms with E-state index in [2.05, 4.69) is 16.6 Å². The maximum atomic E-state index is 12.4. The molecule has 2 aromatic rings. The molecule has 1 heterocycles. The summed E-state index contributed by atoms with van der Waals surface area (Å²) >= 11 is 0. The Balaban J connectivity index is 1.87. The van der Waals surface area contributed by atoms with Crippen LogP contribution < -0.4 is 19.5 Å². The van der Waals surface area contributed by atoms with Crippen LogP contribution >= 0.6 is 0 Å². The largest absolute Gasteiger partial charge is 0.573 e. The molecule has 2 aromatic carbocycles. The van der Waals surface area contributed by atoms with Crippen LogP contribution in [-0.4, -0.2) is 26.1 Å². The average Bonchev–Trinajstić information content (AvgIpc) is 2.68. The molecule has 0 bridgehead atoms. The monoisotopic (exact) mass is 407 g/mol. The van der Waals surface area contributed by atoms with Crippen molar-refractivity contribution in [3.05, 3.63) is 66.2 Å². The first-order valence-electron chi connectivity index (χ1n) is 9.40. The minimum absolute atomic E-state index is 0.283. The molecule has 0 aromatic heterocycles. The summed E-state index contributed by atoms with van der Waals surface area (Å²) in [6, 6.07) is 13.2. The zero-order valence-electron chi connectivity index (χ0n) is 16.2. The van der Waals surface area contributed by atoms with Crippen molar-refractivity contribution >= 4 is 0 Å². The summed E-state index contributed by atoms with van der Waals surface area (Å²) in [5, 5.41) is 3.32. The van der Waals surface area contributed by atoms with E-state index >= 15 is 0 Å². The second-order valence-corrected chi connectivity index (χ2v) is 7.11. The first kappa shape index (κ1) is 21.0. The van der Waals surface area contributed by atoms with Gasteiger partial charge in [0.05, 0.1) is 0 Å². The van der Waals surface area contributed by atoms with E-state index in [9.17, 15) is 13.2 Å². The number of halogens is 3. The van der Waals surface area contributed by atoms with Gasteiger partial charge in [-0.25, -0.2) is 0 Å². The van der Waals surface area contributed by atoms with Crippen LogP contribution in [0.4, 0.5) is 13.2 Å². The summed E-state index contributed by atoms with van der Waals surface area (Å²) in [6.07, 6.45) is -3.33. The molecule has 0 spiro atoms. The summed E-state index contributed by atoms with van der Waals surface area (Å²) in [7, 11) is 0. The van der Waals surface area contributed by atoms with Crippen LogP contribution in [0.2, 0.25) is 0 Å². The molecule has 1 fully saturated rings. The molecule has 0 radical (unpaired) electrons. The third-order valence-electron chi connectivity index (χ3n) is 4.63. The van der Waals surface area contributed by atoms with Crippen LogP contribution in [0.5, 0.6) is 17.2 Å². The lowest BCUT2D eigenvalue weighted by molar-refractivity contribution is -0.274. The first-order valence-corrected chi connectivity index (χ1v) is 9.40. The van der Waals surface area contributed by atoms with Crippen LogP contribution in [0.1, 0.15) is 25.3 Å². The van der Waals surface area contributed by atoms with Gasteiger partial charge in [0.25, 0.3) is 0 Å². The maximum Gasteiger partial charge on any atom is 0.573 e. The van der Waals surface area contributed by atoms with Gasteiger partial charge in [0.15, 0.2) is 0 Å². The predicted octanol–water partition coefficient (Wildman–Crippen LogP) is 5.20. The van der Waals surface area contributed by atoms with E-state index in [0.29, 0.717) is 25.2 Å². The molecule has 1 aliphatic rings. The minimum Gasteiger partial charge on any atom is -0.489 e. The highest BCUT2D eigenvalue weighted by molar-refractivity contribution is 5.41. The van der Waals surface area contributed by atoms with Gasteiger partial charge >= 0.3 is 6.36 Å². The molecule has 1 N–H and O–H groups in total. The van der Waals surface area contributed by atoms with Gasteiger partial charge in [-0.2, -0.15) is 0 Å². The normalized spacial score (nSPS) is 16.1. The smallest absolute Gasteiger partial charge is 0.489 e. The van der Waals surface area contributed by atoms with Gasteiger partial charge in [-0.05, 0) is 55.9 Å². The van der Waals surface area contributed by atoms with E-state index in [1.54, 1.807) is 0 Å². The number of alkyl halides is 3. The van der Waals surface area contributed by atoms with Gasteiger partial charge < -0.3 is 19.5 Å². The van der Waals surface area contributed by atoms with Crippen LogP contribution in [0, 0.1) is 0 Å². The van der Waals surface area contributed by atoms with E-state index in [1.807, 2.05) is 31.2 Å². The first-order chi connectivity index (χ1) is 13.8. The molecule has 0 atom stereocenters. The quantitative estimate of drug-likeness (QED) is 0.641. The lowest BCUT2D eigenvalue weighted by Gasteiger charge is -2.39. The molecular weight excluding hydrogens is 383 g/mol. The molecule has 0 saturated carbocycles. The fraction of sp³-hybridized carbons (Fsp3) is 0.364. The van der Waals surface area contributed by atoms with E-state index < -0.39 is 12.0 Å². The highest BCUT2D eigenvalue weighted by Gasteiger charge is 2.39. The Morgan fingerprint density at radius 3 is 2.28 bits per heavy atom. The highest BCUT2D eigenvalue weighted by atomic mass is 19.4. The van der Waals surface area contributed by atoms with Crippen molar-refractivity contribution in [3.8, 4) is 17.2 Å².